The smallest absolute Gasteiger partial charge is 0.237 e. The molecule has 19 heavy (non-hydrogen) atoms. The largest absolute Gasteiger partial charge is 0.486 e. The first-order chi connectivity index (χ1) is 8.58. The summed E-state index contributed by atoms with van der Waals surface area (Å²) in [5.74, 6) is 1.30. The van der Waals surface area contributed by atoms with Crippen LogP contribution < -0.4 is 20.5 Å². The van der Waals surface area contributed by atoms with Crippen LogP contribution in [-0.4, -0.2) is 25.2 Å². The van der Waals surface area contributed by atoms with Gasteiger partial charge in [0.25, 0.3) is 0 Å². The van der Waals surface area contributed by atoms with E-state index in [2.05, 4.69) is 5.32 Å². The van der Waals surface area contributed by atoms with Crippen molar-refractivity contribution in [3.8, 4) is 11.5 Å². The first kappa shape index (κ1) is 15.6. The predicted molar refractivity (Wildman–Crippen MR) is 74.9 cm³/mol. The van der Waals surface area contributed by atoms with Crippen molar-refractivity contribution in [1.82, 2.24) is 5.32 Å². The number of rotatable bonds is 3. The number of nitrogens with two attached hydrogens (primary N) is 1. The lowest BCUT2D eigenvalue weighted by Crippen LogP contribution is -2.39. The van der Waals surface area contributed by atoms with Gasteiger partial charge in [0, 0.05) is 0 Å². The Balaban J connectivity index is 0.00000180. The van der Waals surface area contributed by atoms with Gasteiger partial charge in [-0.1, -0.05) is 6.07 Å². The molecule has 0 fully saturated rings. The topological polar surface area (TPSA) is 73.6 Å². The van der Waals surface area contributed by atoms with Crippen LogP contribution in [0.2, 0.25) is 0 Å². The molecule has 2 atom stereocenters. The summed E-state index contributed by atoms with van der Waals surface area (Å²) >= 11 is 0. The van der Waals surface area contributed by atoms with Crippen LogP contribution in [0, 0.1) is 0 Å². The Morgan fingerprint density at radius 2 is 1.89 bits per heavy atom. The number of benzene rings is 1. The van der Waals surface area contributed by atoms with Crippen LogP contribution in [0.1, 0.15) is 25.5 Å². The van der Waals surface area contributed by atoms with Gasteiger partial charge in [-0.15, -0.1) is 12.4 Å². The lowest BCUT2D eigenvalue weighted by molar-refractivity contribution is -0.122. The summed E-state index contributed by atoms with van der Waals surface area (Å²) in [7, 11) is 0. The lowest BCUT2D eigenvalue weighted by atomic mass is 10.1. The second kappa shape index (κ2) is 6.63. The standard InChI is InChI=1S/C13H18N2O3.ClH/c1-8(14)13(16)15-9(2)10-3-4-11-12(7-10)18-6-5-17-11;/h3-4,7-9H,5-6,14H2,1-2H3,(H,15,16);1H/t8-,9?;/m1./s1. The quantitative estimate of drug-likeness (QED) is 0.881. The highest BCUT2D eigenvalue weighted by molar-refractivity contribution is 5.85. The first-order valence-electron chi connectivity index (χ1n) is 6.03. The van der Waals surface area contributed by atoms with Crippen LogP contribution in [0.15, 0.2) is 18.2 Å². The van der Waals surface area contributed by atoms with Gasteiger partial charge >= 0.3 is 0 Å². The third-order valence-electron chi connectivity index (χ3n) is 2.84. The van der Waals surface area contributed by atoms with Gasteiger partial charge in [-0.05, 0) is 31.5 Å². The molecule has 0 radical (unpaired) electrons. The number of amides is 1. The third kappa shape index (κ3) is 3.75. The van der Waals surface area contributed by atoms with Gasteiger partial charge in [-0.25, -0.2) is 0 Å². The fourth-order valence-electron chi connectivity index (χ4n) is 1.76. The zero-order chi connectivity index (χ0) is 13.1. The van der Waals surface area contributed by atoms with E-state index in [-0.39, 0.29) is 24.4 Å². The maximum atomic E-state index is 11.5. The Hall–Kier alpha value is -1.46. The molecule has 1 aromatic rings. The van der Waals surface area contributed by atoms with Gasteiger partial charge in [0.1, 0.15) is 13.2 Å². The third-order valence-corrected chi connectivity index (χ3v) is 2.84. The number of hydrogen-bond donors (Lipinski definition) is 2. The second-order valence-corrected chi connectivity index (χ2v) is 4.42. The number of hydrogen-bond acceptors (Lipinski definition) is 4. The summed E-state index contributed by atoms with van der Waals surface area (Å²) in [5.41, 5.74) is 6.48. The summed E-state index contributed by atoms with van der Waals surface area (Å²) < 4.78 is 10.9. The zero-order valence-electron chi connectivity index (χ0n) is 11.0. The summed E-state index contributed by atoms with van der Waals surface area (Å²) in [5, 5.41) is 2.84. The fourth-order valence-corrected chi connectivity index (χ4v) is 1.76. The Morgan fingerprint density at radius 3 is 2.53 bits per heavy atom. The molecule has 0 saturated carbocycles. The summed E-state index contributed by atoms with van der Waals surface area (Å²) in [4.78, 5) is 11.5. The first-order valence-corrected chi connectivity index (χ1v) is 6.03. The zero-order valence-corrected chi connectivity index (χ0v) is 11.8. The second-order valence-electron chi connectivity index (χ2n) is 4.42. The van der Waals surface area contributed by atoms with Crippen molar-refractivity contribution in [2.75, 3.05) is 13.2 Å². The molecule has 0 spiro atoms. The molecule has 6 heteroatoms. The Labute approximate surface area is 118 Å². The molecule has 0 aliphatic carbocycles. The van der Waals surface area contributed by atoms with Gasteiger partial charge < -0.3 is 20.5 Å². The van der Waals surface area contributed by atoms with E-state index in [1.54, 1.807) is 6.92 Å². The van der Waals surface area contributed by atoms with Gasteiger partial charge in [-0.3, -0.25) is 4.79 Å². The number of fused-ring (bicyclic) bond motifs is 1. The van der Waals surface area contributed by atoms with Crippen LogP contribution in [0.4, 0.5) is 0 Å². The van der Waals surface area contributed by atoms with Crippen molar-refractivity contribution in [2.45, 2.75) is 25.9 Å². The average Bonchev–Trinajstić information content (AvgIpc) is 2.37. The van der Waals surface area contributed by atoms with Gasteiger partial charge in [-0.2, -0.15) is 0 Å². The molecule has 1 heterocycles. The lowest BCUT2D eigenvalue weighted by Gasteiger charge is -2.21. The van der Waals surface area contributed by atoms with E-state index in [0.717, 1.165) is 17.1 Å². The Bertz CT molecular complexity index is 452. The SMILES string of the molecule is CC(NC(=O)[C@@H](C)N)c1ccc2c(c1)OCCO2.Cl. The van der Waals surface area contributed by atoms with Crippen LogP contribution in [0.3, 0.4) is 0 Å². The van der Waals surface area contributed by atoms with E-state index in [9.17, 15) is 4.79 Å². The summed E-state index contributed by atoms with van der Waals surface area (Å²) in [6.45, 7) is 4.69. The highest BCUT2D eigenvalue weighted by atomic mass is 35.5. The maximum Gasteiger partial charge on any atom is 0.237 e. The van der Waals surface area contributed by atoms with E-state index in [4.69, 9.17) is 15.2 Å². The van der Waals surface area contributed by atoms with Crippen LogP contribution >= 0.6 is 12.4 Å². The highest BCUT2D eigenvalue weighted by Crippen LogP contribution is 2.32. The molecule has 1 aromatic carbocycles. The molecule has 1 unspecified atom stereocenters. The van der Waals surface area contributed by atoms with E-state index in [1.165, 1.54) is 0 Å². The average molecular weight is 287 g/mol. The molecule has 2 rings (SSSR count). The van der Waals surface area contributed by atoms with Crippen molar-refractivity contribution in [3.05, 3.63) is 23.8 Å². The predicted octanol–water partition coefficient (Wildman–Crippen LogP) is 1.40. The fraction of sp³-hybridized carbons (Fsp3) is 0.462. The van der Waals surface area contributed by atoms with Crippen LogP contribution in [0.25, 0.3) is 0 Å². The summed E-state index contributed by atoms with van der Waals surface area (Å²) in [6.07, 6.45) is 0. The van der Waals surface area contributed by atoms with E-state index in [1.807, 2.05) is 25.1 Å². The van der Waals surface area contributed by atoms with Gasteiger partial charge in [0.05, 0.1) is 12.1 Å². The maximum absolute atomic E-state index is 11.5. The number of halogens is 1. The highest BCUT2D eigenvalue weighted by Gasteiger charge is 2.16. The summed E-state index contributed by atoms with van der Waals surface area (Å²) in [6, 6.07) is 5.04. The van der Waals surface area contributed by atoms with E-state index < -0.39 is 6.04 Å². The Kier molecular flexibility index (Phi) is 5.44. The minimum Gasteiger partial charge on any atom is -0.486 e. The molecule has 1 aliphatic heterocycles. The van der Waals surface area contributed by atoms with Crippen molar-refractivity contribution >= 4 is 18.3 Å². The van der Waals surface area contributed by atoms with Crippen molar-refractivity contribution in [2.24, 2.45) is 5.73 Å². The van der Waals surface area contributed by atoms with Crippen molar-refractivity contribution in [3.63, 3.8) is 0 Å². The van der Waals surface area contributed by atoms with Crippen molar-refractivity contribution < 1.29 is 14.3 Å². The molecular formula is C13H19ClN2O3. The molecule has 1 amide bonds. The molecule has 106 valence electrons. The van der Waals surface area contributed by atoms with E-state index in [0.29, 0.717) is 13.2 Å². The molecule has 0 aromatic heterocycles. The normalized spacial score (nSPS) is 15.9. The molecule has 5 nitrogen and oxygen atoms in total. The number of carbonyl (C=O) groups is 1. The van der Waals surface area contributed by atoms with Crippen molar-refractivity contribution in [1.29, 1.82) is 0 Å². The van der Waals surface area contributed by atoms with Crippen LogP contribution in [0.5, 0.6) is 11.5 Å². The molecule has 0 bridgehead atoms. The minimum atomic E-state index is -0.510. The van der Waals surface area contributed by atoms with E-state index >= 15 is 0 Å². The number of ether oxygens (including phenoxy) is 2. The number of carbonyl (C=O) groups excluding carboxylic acids is 1. The van der Waals surface area contributed by atoms with Gasteiger partial charge in [0.2, 0.25) is 5.91 Å². The Morgan fingerprint density at radius 1 is 1.26 bits per heavy atom. The molecule has 3 N–H and O–H groups in total. The van der Waals surface area contributed by atoms with Crippen LogP contribution in [-0.2, 0) is 4.79 Å². The number of nitrogens with one attached hydrogen (secondary N) is 1. The molecular weight excluding hydrogens is 268 g/mol. The molecule has 0 saturated heterocycles. The minimum absolute atomic E-state index is 0. The van der Waals surface area contributed by atoms with Gasteiger partial charge in [0.15, 0.2) is 11.5 Å². The molecule has 1 aliphatic rings. The monoisotopic (exact) mass is 286 g/mol.